The van der Waals surface area contributed by atoms with Crippen molar-refractivity contribution < 1.29 is 4.79 Å². The second-order valence-electron chi connectivity index (χ2n) is 5.13. The minimum Gasteiger partial charge on any atom is -0.333 e. The number of nitrogens with one attached hydrogen (secondary N) is 1. The highest BCUT2D eigenvalue weighted by Crippen LogP contribution is 2.25. The molecule has 2 rings (SSSR count). The molecule has 1 aliphatic rings. The summed E-state index contributed by atoms with van der Waals surface area (Å²) in [5.41, 5.74) is 1.23. The fraction of sp³-hybridized carbons (Fsp3) is 0.533. The second kappa shape index (κ2) is 8.25. The van der Waals surface area contributed by atoms with E-state index in [-0.39, 0.29) is 24.4 Å². The summed E-state index contributed by atoms with van der Waals surface area (Å²) in [5, 5.41) is 3.04. The summed E-state index contributed by atoms with van der Waals surface area (Å²) in [4.78, 5) is 16.6. The minimum atomic E-state index is 0. The van der Waals surface area contributed by atoms with Crippen molar-refractivity contribution in [3.8, 4) is 0 Å². The van der Waals surface area contributed by atoms with Crippen LogP contribution in [-0.4, -0.2) is 56.0 Å². The number of halogens is 1. The molecule has 1 fully saturated rings. The summed E-state index contributed by atoms with van der Waals surface area (Å²) in [7, 11) is 4.00. The lowest BCUT2D eigenvalue weighted by molar-refractivity contribution is -0.136. The molecule has 1 aromatic rings. The van der Waals surface area contributed by atoms with E-state index < -0.39 is 0 Å². The Morgan fingerprint density at radius 2 is 2.00 bits per heavy atom. The maximum absolute atomic E-state index is 12.3. The second-order valence-corrected chi connectivity index (χ2v) is 5.13. The van der Waals surface area contributed by atoms with Crippen LogP contribution in [0.3, 0.4) is 0 Å². The highest BCUT2D eigenvalue weighted by molar-refractivity contribution is 5.85. The zero-order valence-electron chi connectivity index (χ0n) is 12.2. The maximum Gasteiger partial charge on any atom is 0.224 e. The van der Waals surface area contributed by atoms with Gasteiger partial charge in [0, 0.05) is 32.6 Å². The van der Waals surface area contributed by atoms with Crippen molar-refractivity contribution in [3.63, 3.8) is 0 Å². The Hall–Kier alpha value is -1.10. The van der Waals surface area contributed by atoms with Gasteiger partial charge in [0.05, 0.1) is 6.04 Å². The van der Waals surface area contributed by atoms with E-state index in [0.717, 1.165) is 26.2 Å². The Balaban J connectivity index is 0.00000200. The molecule has 20 heavy (non-hydrogen) atoms. The van der Waals surface area contributed by atoms with Gasteiger partial charge in [0.25, 0.3) is 0 Å². The van der Waals surface area contributed by atoms with Crippen LogP contribution in [0.5, 0.6) is 0 Å². The molecule has 0 aromatic heterocycles. The van der Waals surface area contributed by atoms with Crippen molar-refractivity contribution in [2.75, 3.05) is 40.3 Å². The van der Waals surface area contributed by atoms with Gasteiger partial charge in [-0.1, -0.05) is 30.3 Å². The molecule has 0 spiro atoms. The fourth-order valence-electron chi connectivity index (χ4n) is 2.55. The van der Waals surface area contributed by atoms with Crippen LogP contribution in [0.15, 0.2) is 30.3 Å². The van der Waals surface area contributed by atoms with Crippen LogP contribution >= 0.6 is 12.4 Å². The lowest BCUT2D eigenvalue weighted by Gasteiger charge is -2.40. The van der Waals surface area contributed by atoms with E-state index >= 15 is 0 Å². The topological polar surface area (TPSA) is 35.6 Å². The number of likely N-dealkylation sites (N-methyl/N-ethyl adjacent to an activating group) is 1. The highest BCUT2D eigenvalue weighted by atomic mass is 35.5. The normalized spacial score (nSPS) is 19.5. The predicted octanol–water partition coefficient (Wildman–Crippen LogP) is 1.53. The Morgan fingerprint density at radius 1 is 1.30 bits per heavy atom. The third-order valence-corrected chi connectivity index (χ3v) is 3.68. The largest absolute Gasteiger partial charge is 0.333 e. The molecule has 1 atom stereocenters. The van der Waals surface area contributed by atoms with Crippen LogP contribution in [0.1, 0.15) is 18.0 Å². The summed E-state index contributed by atoms with van der Waals surface area (Å²) in [6.45, 7) is 3.43. The Morgan fingerprint density at radius 3 is 2.65 bits per heavy atom. The van der Waals surface area contributed by atoms with E-state index in [2.05, 4.69) is 29.4 Å². The van der Waals surface area contributed by atoms with Gasteiger partial charge in [0.1, 0.15) is 0 Å². The molecule has 1 unspecified atom stereocenters. The van der Waals surface area contributed by atoms with Crippen LogP contribution in [-0.2, 0) is 4.79 Å². The number of carbonyl (C=O) groups is 1. The van der Waals surface area contributed by atoms with Crippen LogP contribution < -0.4 is 5.32 Å². The van der Waals surface area contributed by atoms with Crippen molar-refractivity contribution in [1.82, 2.24) is 15.1 Å². The number of hydrogen-bond donors (Lipinski definition) is 1. The maximum atomic E-state index is 12.3. The first-order valence-electron chi connectivity index (χ1n) is 6.90. The summed E-state index contributed by atoms with van der Waals surface area (Å²) in [6, 6.07) is 10.5. The molecule has 4 nitrogen and oxygen atoms in total. The smallest absolute Gasteiger partial charge is 0.224 e. The fourth-order valence-corrected chi connectivity index (χ4v) is 2.55. The zero-order valence-corrected chi connectivity index (χ0v) is 13.0. The number of piperazine rings is 1. The monoisotopic (exact) mass is 297 g/mol. The van der Waals surface area contributed by atoms with Gasteiger partial charge in [-0.3, -0.25) is 4.79 Å². The Kier molecular flexibility index (Phi) is 6.99. The highest BCUT2D eigenvalue weighted by Gasteiger charge is 2.29. The Bertz CT molecular complexity index is 413. The number of amides is 1. The van der Waals surface area contributed by atoms with Gasteiger partial charge in [0.15, 0.2) is 0 Å². The third kappa shape index (κ3) is 4.20. The van der Waals surface area contributed by atoms with Crippen molar-refractivity contribution in [2.45, 2.75) is 12.5 Å². The molecule has 1 aromatic carbocycles. The van der Waals surface area contributed by atoms with E-state index in [1.165, 1.54) is 5.56 Å². The first-order valence-corrected chi connectivity index (χ1v) is 6.90. The number of hydrogen-bond acceptors (Lipinski definition) is 3. The van der Waals surface area contributed by atoms with Gasteiger partial charge in [-0.25, -0.2) is 0 Å². The van der Waals surface area contributed by atoms with Gasteiger partial charge in [-0.05, 0) is 19.7 Å². The van der Waals surface area contributed by atoms with Crippen molar-refractivity contribution in [2.24, 2.45) is 0 Å². The molecule has 1 aliphatic heterocycles. The average molecular weight is 298 g/mol. The summed E-state index contributed by atoms with van der Waals surface area (Å²) in [6.07, 6.45) is 0.573. The molecule has 0 bridgehead atoms. The average Bonchev–Trinajstić information content (AvgIpc) is 2.45. The van der Waals surface area contributed by atoms with Crippen LogP contribution in [0, 0.1) is 0 Å². The molecule has 0 radical (unpaired) electrons. The first-order chi connectivity index (χ1) is 9.22. The third-order valence-electron chi connectivity index (χ3n) is 3.68. The van der Waals surface area contributed by atoms with E-state index in [0.29, 0.717) is 6.42 Å². The minimum absolute atomic E-state index is 0. The first kappa shape index (κ1) is 17.0. The van der Waals surface area contributed by atoms with E-state index in [1.54, 1.807) is 0 Å². The van der Waals surface area contributed by atoms with E-state index in [9.17, 15) is 4.79 Å². The molecule has 1 heterocycles. The molecule has 0 aliphatic carbocycles. The van der Waals surface area contributed by atoms with E-state index in [4.69, 9.17) is 0 Å². The molecule has 1 N–H and O–H groups in total. The van der Waals surface area contributed by atoms with E-state index in [1.807, 2.05) is 30.1 Å². The van der Waals surface area contributed by atoms with Crippen LogP contribution in [0.4, 0.5) is 0 Å². The van der Waals surface area contributed by atoms with Crippen LogP contribution in [0.2, 0.25) is 0 Å². The SMILES string of the molecule is CNCCC(=O)N1CCN(C)CC1c1ccccc1.Cl. The van der Waals surface area contributed by atoms with Gasteiger partial charge in [-0.2, -0.15) is 0 Å². The zero-order chi connectivity index (χ0) is 13.7. The Labute approximate surface area is 127 Å². The van der Waals surface area contributed by atoms with Gasteiger partial charge in [-0.15, -0.1) is 12.4 Å². The van der Waals surface area contributed by atoms with Crippen molar-refractivity contribution in [3.05, 3.63) is 35.9 Å². The molecular weight excluding hydrogens is 274 g/mol. The number of nitrogens with zero attached hydrogens (tertiary/aromatic N) is 2. The molecule has 1 saturated heterocycles. The standard InChI is InChI=1S/C15H23N3O.ClH/c1-16-9-8-15(19)18-11-10-17(2)12-14(18)13-6-4-3-5-7-13;/h3-7,14,16H,8-12H2,1-2H3;1H. The molecule has 5 heteroatoms. The predicted molar refractivity (Wildman–Crippen MR) is 84.2 cm³/mol. The molecule has 1 amide bonds. The quantitative estimate of drug-likeness (QED) is 0.915. The van der Waals surface area contributed by atoms with Gasteiger partial charge < -0.3 is 15.1 Å². The lowest BCUT2D eigenvalue weighted by Crippen LogP contribution is -2.49. The van der Waals surface area contributed by atoms with Crippen molar-refractivity contribution in [1.29, 1.82) is 0 Å². The van der Waals surface area contributed by atoms with Crippen molar-refractivity contribution >= 4 is 18.3 Å². The molecule has 0 saturated carbocycles. The number of benzene rings is 1. The summed E-state index contributed by atoms with van der Waals surface area (Å²) < 4.78 is 0. The van der Waals surface area contributed by atoms with Gasteiger partial charge >= 0.3 is 0 Å². The number of carbonyl (C=O) groups excluding carboxylic acids is 1. The van der Waals surface area contributed by atoms with Gasteiger partial charge in [0.2, 0.25) is 5.91 Å². The number of rotatable bonds is 4. The molecular formula is C15H24ClN3O. The summed E-state index contributed by atoms with van der Waals surface area (Å²) in [5.74, 6) is 0.247. The lowest BCUT2D eigenvalue weighted by atomic mass is 10.0. The van der Waals surface area contributed by atoms with Crippen LogP contribution in [0.25, 0.3) is 0 Å². The molecule has 112 valence electrons. The summed E-state index contributed by atoms with van der Waals surface area (Å²) >= 11 is 0.